The van der Waals surface area contributed by atoms with Crippen molar-refractivity contribution < 1.29 is 14.7 Å². The summed E-state index contributed by atoms with van der Waals surface area (Å²) in [5, 5.41) is 17.2. The number of carbonyl (C=O) groups excluding carboxylic acids is 1. The molecule has 0 aliphatic carbocycles. The Balaban J connectivity index is 2.01. The molecule has 2 aromatic carbocycles. The number of carbonyl (C=O) groups is 2. The predicted molar refractivity (Wildman–Crippen MR) is 120 cm³/mol. The van der Waals surface area contributed by atoms with E-state index in [9.17, 15) is 9.59 Å². The van der Waals surface area contributed by atoms with Crippen molar-refractivity contribution in [1.29, 1.82) is 0 Å². The van der Waals surface area contributed by atoms with Crippen molar-refractivity contribution in [2.24, 2.45) is 0 Å². The van der Waals surface area contributed by atoms with Crippen molar-refractivity contribution in [3.05, 3.63) is 65.2 Å². The van der Waals surface area contributed by atoms with E-state index >= 15 is 0 Å². The monoisotopic (exact) mass is 473 g/mol. The Hall–Kier alpha value is -2.06. The maximum atomic E-state index is 12.4. The summed E-state index contributed by atoms with van der Waals surface area (Å²) in [4.78, 5) is 23.4. The molecule has 154 valence electrons. The van der Waals surface area contributed by atoms with Gasteiger partial charge in [-0.3, -0.25) is 4.79 Å². The second kappa shape index (κ2) is 10.1. The molecule has 0 fully saturated rings. The van der Waals surface area contributed by atoms with Crippen LogP contribution in [0, 0.1) is 6.92 Å². The summed E-state index contributed by atoms with van der Waals surface area (Å²) in [6.45, 7) is 1.95. The number of alkyl halides is 3. The van der Waals surface area contributed by atoms with Crippen LogP contribution in [0.25, 0.3) is 0 Å². The number of anilines is 1. The van der Waals surface area contributed by atoms with Gasteiger partial charge < -0.3 is 21.1 Å². The molecular weight excluding hydrogens is 457 g/mol. The van der Waals surface area contributed by atoms with Crippen molar-refractivity contribution in [2.75, 3.05) is 5.32 Å². The van der Waals surface area contributed by atoms with Crippen LogP contribution in [0.2, 0.25) is 0 Å². The Bertz CT molecular complexity index is 902. The molecule has 0 heterocycles. The van der Waals surface area contributed by atoms with Gasteiger partial charge in [0.1, 0.15) is 6.17 Å². The first-order chi connectivity index (χ1) is 13.5. The third kappa shape index (κ3) is 7.70. The quantitative estimate of drug-likeness (QED) is 0.287. The Morgan fingerprint density at radius 1 is 1.10 bits per heavy atom. The summed E-state index contributed by atoms with van der Waals surface area (Å²) >= 11 is 23.1. The number of rotatable bonds is 6. The summed E-state index contributed by atoms with van der Waals surface area (Å²) < 4.78 is -1.89. The average molecular weight is 475 g/mol. The third-order valence-corrected chi connectivity index (χ3v) is 4.64. The van der Waals surface area contributed by atoms with E-state index in [1.54, 1.807) is 12.1 Å². The second-order valence-corrected chi connectivity index (χ2v) is 8.97. The van der Waals surface area contributed by atoms with Crippen molar-refractivity contribution in [3.63, 3.8) is 0 Å². The number of hydrogen-bond acceptors (Lipinski definition) is 3. The van der Waals surface area contributed by atoms with Gasteiger partial charge in [-0.05, 0) is 42.9 Å². The first-order valence-corrected chi connectivity index (χ1v) is 9.91. The van der Waals surface area contributed by atoms with Crippen LogP contribution in [-0.4, -0.2) is 32.1 Å². The van der Waals surface area contributed by atoms with Crippen LogP contribution < -0.4 is 16.0 Å². The molecule has 1 amide bonds. The highest BCUT2D eigenvalue weighted by molar-refractivity contribution is 7.80. The van der Waals surface area contributed by atoms with Crippen LogP contribution in [0.1, 0.15) is 21.5 Å². The van der Waals surface area contributed by atoms with Crippen LogP contribution in [-0.2, 0) is 11.2 Å². The zero-order valence-electron chi connectivity index (χ0n) is 15.2. The lowest BCUT2D eigenvalue weighted by atomic mass is 10.1. The molecule has 0 aliphatic heterocycles. The molecule has 0 bridgehead atoms. The van der Waals surface area contributed by atoms with Gasteiger partial charge in [-0.15, -0.1) is 0 Å². The first-order valence-electron chi connectivity index (χ1n) is 8.37. The van der Waals surface area contributed by atoms with Gasteiger partial charge in [0.15, 0.2) is 5.11 Å². The van der Waals surface area contributed by atoms with E-state index < -0.39 is 15.9 Å². The molecule has 2 aromatic rings. The largest absolute Gasteiger partial charge is 0.478 e. The molecule has 0 aromatic heterocycles. The van der Waals surface area contributed by atoms with Crippen LogP contribution >= 0.6 is 47.0 Å². The highest BCUT2D eigenvalue weighted by Gasteiger charge is 2.34. The maximum absolute atomic E-state index is 12.4. The van der Waals surface area contributed by atoms with E-state index in [1.807, 2.05) is 31.2 Å². The van der Waals surface area contributed by atoms with Gasteiger partial charge in [0.25, 0.3) is 0 Å². The predicted octanol–water partition coefficient (Wildman–Crippen LogP) is 4.03. The minimum Gasteiger partial charge on any atom is -0.478 e. The molecule has 1 atom stereocenters. The Kier molecular flexibility index (Phi) is 8.10. The van der Waals surface area contributed by atoms with E-state index in [0.717, 1.165) is 11.1 Å². The molecule has 0 saturated heterocycles. The van der Waals surface area contributed by atoms with E-state index in [1.165, 1.54) is 12.1 Å². The van der Waals surface area contributed by atoms with E-state index in [-0.39, 0.29) is 23.0 Å². The number of hydrogen-bond donors (Lipinski definition) is 4. The fourth-order valence-electron chi connectivity index (χ4n) is 2.33. The molecule has 2 rings (SSSR count). The molecule has 0 saturated carbocycles. The fraction of sp³-hybridized carbons (Fsp3) is 0.211. The zero-order valence-corrected chi connectivity index (χ0v) is 18.3. The Labute approximate surface area is 188 Å². The highest BCUT2D eigenvalue weighted by Crippen LogP contribution is 2.29. The van der Waals surface area contributed by atoms with Crippen molar-refractivity contribution >= 4 is 69.7 Å². The Morgan fingerprint density at radius 3 is 2.34 bits per heavy atom. The molecule has 0 spiro atoms. The summed E-state index contributed by atoms with van der Waals surface area (Å²) in [6.07, 6.45) is -1.02. The molecule has 10 heteroatoms. The van der Waals surface area contributed by atoms with E-state index in [2.05, 4.69) is 16.0 Å². The molecule has 6 nitrogen and oxygen atoms in total. The maximum Gasteiger partial charge on any atom is 0.335 e. The number of benzene rings is 2. The van der Waals surface area contributed by atoms with Gasteiger partial charge in [-0.1, -0.05) is 70.7 Å². The average Bonchev–Trinajstić information content (AvgIpc) is 2.62. The minimum atomic E-state index is -1.89. The smallest absolute Gasteiger partial charge is 0.335 e. The third-order valence-electron chi connectivity index (χ3n) is 3.76. The second-order valence-electron chi connectivity index (χ2n) is 6.19. The molecule has 0 aliphatic rings. The van der Waals surface area contributed by atoms with E-state index in [4.69, 9.17) is 52.1 Å². The van der Waals surface area contributed by atoms with Crippen LogP contribution in [0.5, 0.6) is 0 Å². The van der Waals surface area contributed by atoms with Crippen molar-refractivity contribution in [1.82, 2.24) is 10.6 Å². The van der Waals surface area contributed by atoms with Gasteiger partial charge in [-0.2, -0.15) is 0 Å². The number of nitrogens with one attached hydrogen (secondary N) is 3. The summed E-state index contributed by atoms with van der Waals surface area (Å²) in [6, 6.07) is 13.5. The molecular formula is C19H18Cl3N3O3S. The zero-order chi connectivity index (χ0) is 21.6. The standard InChI is InChI=1S/C19H18Cl3N3O3S/c1-11-5-7-12(8-6-11)9-15(26)24-17(19(20,21)22)25-18(29)23-14-4-2-3-13(10-14)16(27)28/h2-8,10,17H,9H2,1H3,(H,24,26)(H,27,28)(H2,23,25,29). The van der Waals surface area contributed by atoms with Crippen molar-refractivity contribution in [2.45, 2.75) is 23.3 Å². The van der Waals surface area contributed by atoms with Gasteiger partial charge in [-0.25, -0.2) is 4.79 Å². The number of carboxylic acids is 1. The normalized spacial score (nSPS) is 12.0. The molecule has 0 radical (unpaired) electrons. The number of aryl methyl sites for hydroxylation is 1. The number of thiocarbonyl (C=S) groups is 1. The summed E-state index contributed by atoms with van der Waals surface area (Å²) in [7, 11) is 0. The van der Waals surface area contributed by atoms with Crippen LogP contribution in [0.15, 0.2) is 48.5 Å². The van der Waals surface area contributed by atoms with Gasteiger partial charge in [0.2, 0.25) is 9.70 Å². The SMILES string of the molecule is Cc1ccc(CC(=O)NC(NC(=S)Nc2cccc(C(=O)O)c2)C(Cl)(Cl)Cl)cc1. The number of amides is 1. The number of halogens is 3. The molecule has 29 heavy (non-hydrogen) atoms. The van der Waals surface area contributed by atoms with Gasteiger partial charge >= 0.3 is 5.97 Å². The van der Waals surface area contributed by atoms with Crippen LogP contribution in [0.3, 0.4) is 0 Å². The summed E-state index contributed by atoms with van der Waals surface area (Å²) in [5.74, 6) is -1.44. The summed E-state index contributed by atoms with van der Waals surface area (Å²) in [5.41, 5.74) is 2.40. The first kappa shape index (κ1) is 23.2. The number of carboxylic acid groups (broad SMARTS) is 1. The lowest BCUT2D eigenvalue weighted by molar-refractivity contribution is -0.121. The molecule has 4 N–H and O–H groups in total. The van der Waals surface area contributed by atoms with Gasteiger partial charge in [0.05, 0.1) is 12.0 Å². The Morgan fingerprint density at radius 2 is 1.76 bits per heavy atom. The fourth-order valence-corrected chi connectivity index (χ4v) is 2.89. The number of aromatic carboxylic acids is 1. The lowest BCUT2D eigenvalue weighted by Crippen LogP contribution is -2.56. The lowest BCUT2D eigenvalue weighted by Gasteiger charge is -2.27. The van der Waals surface area contributed by atoms with Crippen molar-refractivity contribution in [3.8, 4) is 0 Å². The van der Waals surface area contributed by atoms with Crippen LogP contribution in [0.4, 0.5) is 5.69 Å². The highest BCUT2D eigenvalue weighted by atomic mass is 35.6. The molecule has 1 unspecified atom stereocenters. The topological polar surface area (TPSA) is 90.5 Å². The minimum absolute atomic E-state index is 0.0412. The van der Waals surface area contributed by atoms with E-state index in [0.29, 0.717) is 5.69 Å². The van der Waals surface area contributed by atoms with Gasteiger partial charge in [0, 0.05) is 5.69 Å².